The first-order valence-electron chi connectivity index (χ1n) is 4.64. The van der Waals surface area contributed by atoms with E-state index in [2.05, 4.69) is 9.72 Å². The summed E-state index contributed by atoms with van der Waals surface area (Å²) in [4.78, 5) is 3.69. The third-order valence-electron chi connectivity index (χ3n) is 1.78. The zero-order valence-corrected chi connectivity index (χ0v) is 8.75. The largest absolute Gasteiger partial charge is 0.468 e. The minimum atomic E-state index is -4.34. The number of aromatic nitrogens is 1. The van der Waals surface area contributed by atoms with Crippen LogP contribution in [0.25, 0.3) is 0 Å². The van der Waals surface area contributed by atoms with E-state index >= 15 is 0 Å². The van der Waals surface area contributed by atoms with Gasteiger partial charge in [-0.2, -0.15) is 13.2 Å². The average Bonchev–Trinajstić information content (AvgIpc) is 2.23. The number of alkyl halides is 3. The van der Waals surface area contributed by atoms with Gasteiger partial charge in [0.1, 0.15) is 0 Å². The van der Waals surface area contributed by atoms with E-state index in [9.17, 15) is 13.2 Å². The van der Waals surface area contributed by atoms with Crippen molar-refractivity contribution in [1.82, 2.24) is 4.98 Å². The molecule has 0 saturated carbocycles. The van der Waals surface area contributed by atoms with Crippen LogP contribution in [0.4, 0.5) is 13.2 Å². The Labute approximate surface area is 91.2 Å². The summed E-state index contributed by atoms with van der Waals surface area (Å²) in [5, 5.41) is 0. The predicted octanol–water partition coefficient (Wildman–Crippen LogP) is 2.21. The Hall–Kier alpha value is -1.30. The van der Waals surface area contributed by atoms with Crippen LogP contribution in [0.1, 0.15) is 5.56 Å². The second-order valence-electron chi connectivity index (χ2n) is 3.15. The lowest BCUT2D eigenvalue weighted by Gasteiger charge is -2.09. The molecule has 1 aromatic heterocycles. The van der Waals surface area contributed by atoms with Crippen molar-refractivity contribution in [1.29, 1.82) is 0 Å². The van der Waals surface area contributed by atoms with Crippen LogP contribution in [0.3, 0.4) is 0 Å². The molecule has 0 saturated heterocycles. The van der Waals surface area contributed by atoms with Crippen molar-refractivity contribution < 1.29 is 22.6 Å². The zero-order valence-electron chi connectivity index (χ0n) is 8.75. The molecule has 0 radical (unpaired) electrons. The lowest BCUT2D eigenvalue weighted by molar-refractivity contribution is -0.154. The molecule has 0 aromatic carbocycles. The first kappa shape index (κ1) is 12.8. The highest BCUT2D eigenvalue weighted by Crippen LogP contribution is 2.17. The molecule has 0 spiro atoms. The molecule has 0 aliphatic carbocycles. The van der Waals surface area contributed by atoms with Gasteiger partial charge < -0.3 is 9.47 Å². The Morgan fingerprint density at radius 3 is 2.75 bits per heavy atom. The van der Waals surface area contributed by atoms with Crippen LogP contribution >= 0.6 is 0 Å². The standard InChI is InChI=1S/C10H12F3NO2/c1-15-5-3-8-2-4-14-9(6-8)16-7-10(11,12)13/h2,4,6H,3,5,7H2,1H3. The molecule has 3 nitrogen and oxygen atoms in total. The molecular formula is C10H12F3NO2. The number of hydrogen-bond acceptors (Lipinski definition) is 3. The quantitative estimate of drug-likeness (QED) is 0.784. The van der Waals surface area contributed by atoms with Gasteiger partial charge in [-0.3, -0.25) is 0 Å². The van der Waals surface area contributed by atoms with Gasteiger partial charge in [0, 0.05) is 19.4 Å². The number of nitrogens with zero attached hydrogens (tertiary/aromatic N) is 1. The lowest BCUT2D eigenvalue weighted by Crippen LogP contribution is -2.19. The van der Waals surface area contributed by atoms with Crippen molar-refractivity contribution in [2.24, 2.45) is 0 Å². The molecule has 90 valence electrons. The number of halogens is 3. The smallest absolute Gasteiger partial charge is 0.422 e. The highest BCUT2D eigenvalue weighted by Gasteiger charge is 2.28. The van der Waals surface area contributed by atoms with E-state index in [-0.39, 0.29) is 5.88 Å². The fourth-order valence-corrected chi connectivity index (χ4v) is 1.06. The summed E-state index contributed by atoms with van der Waals surface area (Å²) in [5.41, 5.74) is 0.828. The predicted molar refractivity (Wildman–Crippen MR) is 51.4 cm³/mol. The highest BCUT2D eigenvalue weighted by molar-refractivity contribution is 5.20. The average molecular weight is 235 g/mol. The van der Waals surface area contributed by atoms with Gasteiger partial charge >= 0.3 is 6.18 Å². The van der Waals surface area contributed by atoms with Crippen LogP contribution in [0.5, 0.6) is 5.88 Å². The molecule has 0 unspecified atom stereocenters. The van der Waals surface area contributed by atoms with Gasteiger partial charge in [-0.05, 0) is 18.1 Å². The van der Waals surface area contributed by atoms with Crippen LogP contribution in [0, 0.1) is 0 Å². The normalized spacial score (nSPS) is 11.5. The Morgan fingerprint density at radius 1 is 1.38 bits per heavy atom. The molecule has 0 fully saturated rings. The van der Waals surface area contributed by atoms with Crippen molar-refractivity contribution in [3.05, 3.63) is 23.9 Å². The topological polar surface area (TPSA) is 31.4 Å². The van der Waals surface area contributed by atoms with Gasteiger partial charge in [-0.1, -0.05) is 0 Å². The minimum Gasteiger partial charge on any atom is -0.468 e. The first-order chi connectivity index (χ1) is 7.51. The zero-order chi connectivity index (χ0) is 12.0. The van der Waals surface area contributed by atoms with Gasteiger partial charge in [0.2, 0.25) is 5.88 Å². The van der Waals surface area contributed by atoms with Crippen LogP contribution < -0.4 is 4.74 Å². The summed E-state index contributed by atoms with van der Waals surface area (Å²) in [6, 6.07) is 3.18. The Balaban J connectivity index is 2.53. The van der Waals surface area contributed by atoms with E-state index in [1.165, 1.54) is 12.3 Å². The van der Waals surface area contributed by atoms with Gasteiger partial charge in [0.05, 0.1) is 6.61 Å². The monoisotopic (exact) mass is 235 g/mol. The molecule has 0 amide bonds. The van der Waals surface area contributed by atoms with E-state index in [0.29, 0.717) is 13.0 Å². The molecule has 0 bridgehead atoms. The molecule has 16 heavy (non-hydrogen) atoms. The minimum absolute atomic E-state index is 0.0223. The molecule has 0 aliphatic rings. The van der Waals surface area contributed by atoms with Crippen molar-refractivity contribution >= 4 is 0 Å². The number of methoxy groups -OCH3 is 1. The van der Waals surface area contributed by atoms with Gasteiger partial charge in [0.25, 0.3) is 0 Å². The molecule has 0 aliphatic heterocycles. The fourth-order valence-electron chi connectivity index (χ4n) is 1.06. The highest BCUT2D eigenvalue weighted by atomic mass is 19.4. The van der Waals surface area contributed by atoms with Crippen molar-refractivity contribution in [3.63, 3.8) is 0 Å². The number of pyridine rings is 1. The van der Waals surface area contributed by atoms with Crippen LogP contribution in [0.2, 0.25) is 0 Å². The molecule has 0 atom stereocenters. The number of rotatable bonds is 5. The third kappa shape index (κ3) is 4.97. The second-order valence-corrected chi connectivity index (χ2v) is 3.15. The maximum atomic E-state index is 11.9. The third-order valence-corrected chi connectivity index (χ3v) is 1.78. The van der Waals surface area contributed by atoms with Crippen molar-refractivity contribution in [2.75, 3.05) is 20.3 Å². The van der Waals surface area contributed by atoms with Gasteiger partial charge in [-0.25, -0.2) is 4.98 Å². The van der Waals surface area contributed by atoms with E-state index < -0.39 is 12.8 Å². The number of hydrogen-bond donors (Lipinski definition) is 0. The first-order valence-corrected chi connectivity index (χ1v) is 4.64. The lowest BCUT2D eigenvalue weighted by atomic mass is 10.2. The van der Waals surface area contributed by atoms with Crippen LogP contribution in [-0.4, -0.2) is 31.5 Å². The number of ether oxygens (including phenoxy) is 2. The van der Waals surface area contributed by atoms with E-state index in [4.69, 9.17) is 4.74 Å². The fraction of sp³-hybridized carbons (Fsp3) is 0.500. The van der Waals surface area contributed by atoms with E-state index in [0.717, 1.165) is 5.56 Å². The maximum absolute atomic E-state index is 11.9. The summed E-state index contributed by atoms with van der Waals surface area (Å²) in [6.45, 7) is -0.823. The Kier molecular flexibility index (Phi) is 4.54. The van der Waals surface area contributed by atoms with Crippen LogP contribution in [-0.2, 0) is 11.2 Å². The van der Waals surface area contributed by atoms with E-state index in [1.807, 2.05) is 0 Å². The van der Waals surface area contributed by atoms with Crippen LogP contribution in [0.15, 0.2) is 18.3 Å². The molecule has 1 rings (SSSR count). The van der Waals surface area contributed by atoms with Gasteiger partial charge in [0.15, 0.2) is 6.61 Å². The Bertz CT molecular complexity index is 328. The summed E-state index contributed by atoms with van der Waals surface area (Å²) < 4.78 is 45.0. The van der Waals surface area contributed by atoms with Gasteiger partial charge in [-0.15, -0.1) is 0 Å². The molecule has 1 heterocycles. The summed E-state index contributed by atoms with van der Waals surface area (Å²) in [5.74, 6) is -0.0223. The van der Waals surface area contributed by atoms with Crippen molar-refractivity contribution in [2.45, 2.75) is 12.6 Å². The van der Waals surface area contributed by atoms with Crippen molar-refractivity contribution in [3.8, 4) is 5.88 Å². The summed E-state index contributed by atoms with van der Waals surface area (Å²) in [7, 11) is 1.56. The summed E-state index contributed by atoms with van der Waals surface area (Å²) in [6.07, 6.45) is -2.32. The second kappa shape index (κ2) is 5.69. The maximum Gasteiger partial charge on any atom is 0.422 e. The molecule has 6 heteroatoms. The summed E-state index contributed by atoms with van der Waals surface area (Å²) >= 11 is 0. The van der Waals surface area contributed by atoms with E-state index in [1.54, 1.807) is 13.2 Å². The molecular weight excluding hydrogens is 223 g/mol. The molecule has 0 N–H and O–H groups in total. The SMILES string of the molecule is COCCc1ccnc(OCC(F)(F)F)c1. The Morgan fingerprint density at radius 2 is 2.12 bits per heavy atom. The molecule has 1 aromatic rings.